The Bertz CT molecular complexity index is 285. The monoisotopic (exact) mass is 176 g/mol. The third-order valence-corrected chi connectivity index (χ3v) is 1.68. The molecular weight excluding hydrogens is 164 g/mol. The van der Waals surface area contributed by atoms with Crippen LogP contribution in [0, 0.1) is 0 Å². The van der Waals surface area contributed by atoms with Gasteiger partial charge in [0.05, 0.1) is 0 Å². The normalized spacial score (nSPS) is 10.5. The summed E-state index contributed by atoms with van der Waals surface area (Å²) in [6.45, 7) is 0.170. The van der Waals surface area contributed by atoms with Crippen LogP contribution in [0.25, 0.3) is 6.08 Å². The number of hydrogen-bond acceptors (Lipinski definition) is 2. The van der Waals surface area contributed by atoms with E-state index in [1.807, 2.05) is 24.3 Å². The van der Waals surface area contributed by atoms with Crippen molar-refractivity contribution < 1.29 is 9.90 Å². The molecule has 0 atom stereocenters. The minimum absolute atomic E-state index is 0.170. The predicted octanol–water partition coefficient (Wildman–Crippen LogP) is 1.89. The maximum absolute atomic E-state index is 10.3. The highest BCUT2D eigenvalue weighted by molar-refractivity contribution is 5.75. The van der Waals surface area contributed by atoms with Crippen molar-refractivity contribution in [1.82, 2.24) is 0 Å². The van der Waals surface area contributed by atoms with E-state index in [1.165, 1.54) is 0 Å². The lowest BCUT2D eigenvalue weighted by Crippen LogP contribution is -1.79. The second kappa shape index (κ2) is 5.27. The molecule has 0 aliphatic heterocycles. The molecule has 0 bridgehead atoms. The van der Waals surface area contributed by atoms with E-state index < -0.39 is 0 Å². The van der Waals surface area contributed by atoms with Gasteiger partial charge in [0.2, 0.25) is 0 Å². The molecule has 0 saturated heterocycles. The van der Waals surface area contributed by atoms with Gasteiger partial charge in [0.1, 0.15) is 6.29 Å². The van der Waals surface area contributed by atoms with E-state index in [0.29, 0.717) is 12.0 Å². The molecule has 0 spiro atoms. The van der Waals surface area contributed by atoms with E-state index >= 15 is 0 Å². The zero-order valence-electron chi connectivity index (χ0n) is 7.31. The van der Waals surface area contributed by atoms with Crippen molar-refractivity contribution in [2.45, 2.75) is 6.42 Å². The molecule has 0 radical (unpaired) electrons. The van der Waals surface area contributed by atoms with E-state index in [2.05, 4.69) is 0 Å². The van der Waals surface area contributed by atoms with Gasteiger partial charge in [0.25, 0.3) is 0 Å². The van der Waals surface area contributed by atoms with E-state index in [-0.39, 0.29) is 6.61 Å². The summed E-state index contributed by atoms with van der Waals surface area (Å²) in [4.78, 5) is 10.3. The van der Waals surface area contributed by atoms with Crippen molar-refractivity contribution in [2.24, 2.45) is 0 Å². The van der Waals surface area contributed by atoms with Crippen LogP contribution in [-0.4, -0.2) is 18.0 Å². The van der Waals surface area contributed by atoms with E-state index in [0.717, 1.165) is 11.8 Å². The molecule has 0 fully saturated rings. The highest BCUT2D eigenvalue weighted by Crippen LogP contribution is 2.04. The molecule has 2 nitrogen and oxygen atoms in total. The smallest absolute Gasteiger partial charge is 0.150 e. The molecule has 1 N–H and O–H groups in total. The quantitative estimate of drug-likeness (QED) is 0.711. The molecule has 0 heterocycles. The zero-order chi connectivity index (χ0) is 9.52. The van der Waals surface area contributed by atoms with Crippen LogP contribution in [0.4, 0.5) is 0 Å². The van der Waals surface area contributed by atoms with Crippen molar-refractivity contribution in [3.05, 3.63) is 41.5 Å². The van der Waals surface area contributed by atoms with Gasteiger partial charge in [-0.1, -0.05) is 36.4 Å². The Morgan fingerprint density at radius 2 is 1.77 bits per heavy atom. The Hall–Kier alpha value is -1.41. The highest BCUT2D eigenvalue weighted by atomic mass is 16.2. The number of aldehydes is 1. The number of carbonyl (C=O) groups is 1. The summed E-state index contributed by atoms with van der Waals surface area (Å²) in [6.07, 6.45) is 5.30. The van der Waals surface area contributed by atoms with Crippen LogP contribution < -0.4 is 0 Å². The van der Waals surface area contributed by atoms with Crippen LogP contribution in [0.5, 0.6) is 0 Å². The summed E-state index contributed by atoms with van der Waals surface area (Å²) < 4.78 is 0. The second-order valence-electron chi connectivity index (χ2n) is 2.70. The molecule has 0 aliphatic rings. The van der Waals surface area contributed by atoms with Crippen molar-refractivity contribution >= 4 is 12.4 Å². The molecule has 2 heteroatoms. The lowest BCUT2D eigenvalue weighted by molar-refractivity contribution is 0.112. The topological polar surface area (TPSA) is 37.3 Å². The fourth-order valence-electron chi connectivity index (χ4n) is 0.980. The number of benzene rings is 1. The van der Waals surface area contributed by atoms with Crippen LogP contribution in [0.3, 0.4) is 0 Å². The molecule has 1 aromatic rings. The van der Waals surface area contributed by atoms with Crippen LogP contribution in [0.15, 0.2) is 30.3 Å². The minimum Gasteiger partial charge on any atom is -0.396 e. The van der Waals surface area contributed by atoms with Gasteiger partial charge >= 0.3 is 0 Å². The van der Waals surface area contributed by atoms with Gasteiger partial charge in [-0.2, -0.15) is 0 Å². The first-order valence-electron chi connectivity index (χ1n) is 4.19. The average molecular weight is 176 g/mol. The molecule has 68 valence electrons. The summed E-state index contributed by atoms with van der Waals surface area (Å²) in [5.41, 5.74) is 1.72. The summed E-state index contributed by atoms with van der Waals surface area (Å²) in [6, 6.07) is 7.28. The van der Waals surface area contributed by atoms with Crippen LogP contribution in [0.1, 0.15) is 22.3 Å². The Labute approximate surface area is 77.5 Å². The largest absolute Gasteiger partial charge is 0.396 e. The van der Waals surface area contributed by atoms with Crippen LogP contribution in [0.2, 0.25) is 0 Å². The Morgan fingerprint density at radius 1 is 1.15 bits per heavy atom. The Morgan fingerprint density at radius 3 is 2.31 bits per heavy atom. The van der Waals surface area contributed by atoms with E-state index in [9.17, 15) is 4.79 Å². The van der Waals surface area contributed by atoms with Gasteiger partial charge in [-0.25, -0.2) is 0 Å². The Kier molecular flexibility index (Phi) is 3.93. The van der Waals surface area contributed by atoms with Gasteiger partial charge in [0.15, 0.2) is 0 Å². The first kappa shape index (κ1) is 9.68. The summed E-state index contributed by atoms with van der Waals surface area (Å²) >= 11 is 0. The third-order valence-electron chi connectivity index (χ3n) is 1.68. The summed E-state index contributed by atoms with van der Waals surface area (Å²) in [5.74, 6) is 0. The molecule has 0 aromatic heterocycles. The maximum atomic E-state index is 10.3. The fraction of sp³-hybridized carbons (Fsp3) is 0.182. The first-order valence-corrected chi connectivity index (χ1v) is 4.19. The number of rotatable bonds is 4. The van der Waals surface area contributed by atoms with E-state index in [4.69, 9.17) is 5.11 Å². The Balaban J connectivity index is 2.63. The average Bonchev–Trinajstić information content (AvgIpc) is 2.19. The van der Waals surface area contributed by atoms with Crippen molar-refractivity contribution in [2.75, 3.05) is 6.61 Å². The van der Waals surface area contributed by atoms with Gasteiger partial charge < -0.3 is 5.11 Å². The van der Waals surface area contributed by atoms with Crippen molar-refractivity contribution in [3.63, 3.8) is 0 Å². The van der Waals surface area contributed by atoms with Crippen LogP contribution in [-0.2, 0) is 0 Å². The number of hydrogen-bond donors (Lipinski definition) is 1. The second-order valence-corrected chi connectivity index (χ2v) is 2.70. The standard InChI is InChI=1S/C11H12O2/c12-8-2-1-3-10-4-6-11(9-13)7-5-10/h1,3-7,9,12H,2,8H2. The minimum atomic E-state index is 0.170. The lowest BCUT2D eigenvalue weighted by Gasteiger charge is -1.93. The molecular formula is C11H12O2. The molecule has 0 unspecified atom stereocenters. The van der Waals surface area contributed by atoms with Crippen molar-refractivity contribution in [1.29, 1.82) is 0 Å². The van der Waals surface area contributed by atoms with Crippen LogP contribution >= 0.6 is 0 Å². The predicted molar refractivity (Wildman–Crippen MR) is 52.6 cm³/mol. The zero-order valence-corrected chi connectivity index (χ0v) is 7.31. The van der Waals surface area contributed by atoms with Gasteiger partial charge in [-0.3, -0.25) is 4.79 Å². The number of aliphatic hydroxyl groups is 1. The van der Waals surface area contributed by atoms with Crippen molar-refractivity contribution in [3.8, 4) is 0 Å². The van der Waals surface area contributed by atoms with E-state index in [1.54, 1.807) is 12.1 Å². The van der Waals surface area contributed by atoms with Gasteiger partial charge in [0, 0.05) is 12.2 Å². The molecule has 0 saturated carbocycles. The molecule has 0 aliphatic carbocycles. The number of carbonyl (C=O) groups excluding carboxylic acids is 1. The fourth-order valence-corrected chi connectivity index (χ4v) is 0.980. The first-order chi connectivity index (χ1) is 6.36. The lowest BCUT2D eigenvalue weighted by atomic mass is 10.1. The summed E-state index contributed by atoms with van der Waals surface area (Å²) in [7, 11) is 0. The SMILES string of the molecule is O=Cc1ccc(C=CCCO)cc1. The maximum Gasteiger partial charge on any atom is 0.150 e. The van der Waals surface area contributed by atoms with Gasteiger partial charge in [-0.05, 0) is 12.0 Å². The highest BCUT2D eigenvalue weighted by Gasteiger charge is 1.88. The summed E-state index contributed by atoms with van der Waals surface area (Å²) in [5, 5.41) is 8.53. The molecule has 13 heavy (non-hydrogen) atoms. The molecule has 0 amide bonds. The molecule has 1 aromatic carbocycles. The third kappa shape index (κ3) is 3.22. The molecule has 1 rings (SSSR count). The number of aliphatic hydroxyl groups excluding tert-OH is 1. The van der Waals surface area contributed by atoms with Gasteiger partial charge in [-0.15, -0.1) is 0 Å².